The molecule has 0 saturated heterocycles. The SMILES string of the molecule is CCC(N)C(=O)N(C)C. The van der Waals surface area contributed by atoms with Gasteiger partial charge in [0.25, 0.3) is 0 Å². The van der Waals surface area contributed by atoms with E-state index < -0.39 is 0 Å². The van der Waals surface area contributed by atoms with Gasteiger partial charge in [-0.1, -0.05) is 6.92 Å². The highest BCUT2D eigenvalue weighted by Gasteiger charge is 2.11. The number of nitrogens with two attached hydrogens (primary N) is 1. The Kier molecular flexibility index (Phi) is 3.24. The molecule has 54 valence electrons. The summed E-state index contributed by atoms with van der Waals surface area (Å²) in [7, 11) is 3.41. The fourth-order valence-corrected chi connectivity index (χ4v) is 0.506. The van der Waals surface area contributed by atoms with Gasteiger partial charge in [-0.05, 0) is 6.42 Å². The largest absolute Gasteiger partial charge is 0.347 e. The van der Waals surface area contributed by atoms with E-state index in [1.807, 2.05) is 6.92 Å². The zero-order valence-electron chi connectivity index (χ0n) is 6.22. The zero-order chi connectivity index (χ0) is 7.44. The van der Waals surface area contributed by atoms with Crippen LogP contribution >= 0.6 is 0 Å². The predicted octanol–water partition coefficient (Wildman–Crippen LogP) is -0.188. The molecule has 1 unspecified atom stereocenters. The second-order valence-electron chi connectivity index (χ2n) is 2.25. The third kappa shape index (κ3) is 2.46. The van der Waals surface area contributed by atoms with Crippen molar-refractivity contribution in [1.29, 1.82) is 0 Å². The van der Waals surface area contributed by atoms with Crippen molar-refractivity contribution >= 4 is 5.91 Å². The summed E-state index contributed by atoms with van der Waals surface area (Å²) in [6, 6.07) is -0.319. The highest BCUT2D eigenvalue weighted by atomic mass is 16.2. The van der Waals surface area contributed by atoms with Gasteiger partial charge in [-0.25, -0.2) is 0 Å². The van der Waals surface area contributed by atoms with Gasteiger partial charge in [0.05, 0.1) is 6.04 Å². The highest BCUT2D eigenvalue weighted by molar-refractivity contribution is 5.80. The van der Waals surface area contributed by atoms with E-state index in [1.54, 1.807) is 14.1 Å². The summed E-state index contributed by atoms with van der Waals surface area (Å²) in [5.74, 6) is -0.00231. The normalized spacial score (nSPS) is 12.9. The molecule has 0 fully saturated rings. The summed E-state index contributed by atoms with van der Waals surface area (Å²) in [5, 5.41) is 0. The van der Waals surface area contributed by atoms with Gasteiger partial charge < -0.3 is 10.6 Å². The Morgan fingerprint density at radius 2 is 2.11 bits per heavy atom. The number of hydrogen-bond acceptors (Lipinski definition) is 2. The average molecular weight is 130 g/mol. The topological polar surface area (TPSA) is 46.3 Å². The molecule has 3 nitrogen and oxygen atoms in total. The Bertz CT molecular complexity index is 101. The summed E-state index contributed by atoms with van der Waals surface area (Å²) in [4.78, 5) is 12.4. The number of carbonyl (C=O) groups excluding carboxylic acids is 1. The summed E-state index contributed by atoms with van der Waals surface area (Å²) in [6.45, 7) is 1.89. The Balaban J connectivity index is 3.73. The third-order valence-electron chi connectivity index (χ3n) is 1.20. The highest BCUT2D eigenvalue weighted by Crippen LogP contribution is 1.89. The first-order chi connectivity index (χ1) is 4.09. The molecule has 0 aromatic rings. The van der Waals surface area contributed by atoms with Crippen LogP contribution in [0.25, 0.3) is 0 Å². The number of amides is 1. The molecule has 0 rings (SSSR count). The van der Waals surface area contributed by atoms with Gasteiger partial charge >= 0.3 is 0 Å². The van der Waals surface area contributed by atoms with Gasteiger partial charge in [0.1, 0.15) is 0 Å². The Labute approximate surface area is 55.8 Å². The summed E-state index contributed by atoms with van der Waals surface area (Å²) in [5.41, 5.74) is 5.43. The van der Waals surface area contributed by atoms with Gasteiger partial charge in [-0.15, -0.1) is 0 Å². The van der Waals surface area contributed by atoms with E-state index in [-0.39, 0.29) is 11.9 Å². The lowest BCUT2D eigenvalue weighted by Gasteiger charge is -2.14. The van der Waals surface area contributed by atoms with Crippen LogP contribution in [-0.2, 0) is 4.79 Å². The smallest absolute Gasteiger partial charge is 0.238 e. The van der Waals surface area contributed by atoms with Crippen molar-refractivity contribution in [2.24, 2.45) is 5.73 Å². The second-order valence-corrected chi connectivity index (χ2v) is 2.25. The van der Waals surface area contributed by atoms with E-state index in [0.29, 0.717) is 6.42 Å². The van der Waals surface area contributed by atoms with Crippen LogP contribution in [-0.4, -0.2) is 30.9 Å². The van der Waals surface area contributed by atoms with Crippen LogP contribution in [0.4, 0.5) is 0 Å². The van der Waals surface area contributed by atoms with Crippen LogP contribution in [0.1, 0.15) is 13.3 Å². The van der Waals surface area contributed by atoms with Crippen LogP contribution in [0.5, 0.6) is 0 Å². The van der Waals surface area contributed by atoms with E-state index in [0.717, 1.165) is 0 Å². The maximum absolute atomic E-state index is 10.9. The minimum Gasteiger partial charge on any atom is -0.347 e. The van der Waals surface area contributed by atoms with Crippen molar-refractivity contribution in [3.8, 4) is 0 Å². The molecule has 0 aromatic heterocycles. The van der Waals surface area contributed by atoms with Crippen molar-refractivity contribution in [2.45, 2.75) is 19.4 Å². The van der Waals surface area contributed by atoms with E-state index >= 15 is 0 Å². The molecule has 0 heterocycles. The van der Waals surface area contributed by atoms with E-state index in [1.165, 1.54) is 4.90 Å². The second kappa shape index (κ2) is 3.45. The maximum atomic E-state index is 10.9. The van der Waals surface area contributed by atoms with Crippen LogP contribution in [0, 0.1) is 0 Å². The minimum absolute atomic E-state index is 0.00231. The zero-order valence-corrected chi connectivity index (χ0v) is 6.22. The number of likely N-dealkylation sites (N-methyl/N-ethyl adjacent to an activating group) is 1. The standard InChI is InChI=1S/C6H14N2O/c1-4-5(7)6(9)8(2)3/h5H,4,7H2,1-3H3. The molecule has 1 amide bonds. The Morgan fingerprint density at radius 3 is 2.22 bits per heavy atom. The molecule has 0 saturated carbocycles. The molecule has 2 N–H and O–H groups in total. The predicted molar refractivity (Wildman–Crippen MR) is 37.0 cm³/mol. The van der Waals surface area contributed by atoms with E-state index in [2.05, 4.69) is 0 Å². The Morgan fingerprint density at radius 1 is 1.67 bits per heavy atom. The first-order valence-corrected chi connectivity index (χ1v) is 3.06. The number of hydrogen-bond donors (Lipinski definition) is 1. The molecule has 0 radical (unpaired) electrons. The molecule has 3 heteroatoms. The molecular weight excluding hydrogens is 116 g/mol. The molecular formula is C6H14N2O. The van der Waals surface area contributed by atoms with Crippen LogP contribution in [0.2, 0.25) is 0 Å². The van der Waals surface area contributed by atoms with Crippen LogP contribution in [0.3, 0.4) is 0 Å². The average Bonchev–Trinajstić information content (AvgIpc) is 1.84. The lowest BCUT2D eigenvalue weighted by atomic mass is 10.2. The van der Waals surface area contributed by atoms with Gasteiger partial charge in [-0.3, -0.25) is 4.79 Å². The van der Waals surface area contributed by atoms with Crippen molar-refractivity contribution in [3.63, 3.8) is 0 Å². The van der Waals surface area contributed by atoms with Gasteiger partial charge in [-0.2, -0.15) is 0 Å². The minimum atomic E-state index is -0.319. The molecule has 0 aliphatic rings. The number of rotatable bonds is 2. The van der Waals surface area contributed by atoms with Crippen molar-refractivity contribution < 1.29 is 4.79 Å². The molecule has 0 aliphatic heterocycles. The molecule has 0 bridgehead atoms. The fourth-order valence-electron chi connectivity index (χ4n) is 0.506. The van der Waals surface area contributed by atoms with Crippen molar-refractivity contribution in [1.82, 2.24) is 4.90 Å². The summed E-state index contributed by atoms with van der Waals surface area (Å²) < 4.78 is 0. The van der Waals surface area contributed by atoms with E-state index in [9.17, 15) is 4.79 Å². The third-order valence-corrected chi connectivity index (χ3v) is 1.20. The fraction of sp³-hybridized carbons (Fsp3) is 0.833. The quantitative estimate of drug-likeness (QED) is 0.563. The maximum Gasteiger partial charge on any atom is 0.238 e. The molecule has 0 aliphatic carbocycles. The monoisotopic (exact) mass is 130 g/mol. The van der Waals surface area contributed by atoms with Gasteiger partial charge in [0, 0.05) is 14.1 Å². The van der Waals surface area contributed by atoms with Gasteiger partial charge in [0.15, 0.2) is 0 Å². The summed E-state index contributed by atoms with van der Waals surface area (Å²) in [6.07, 6.45) is 0.705. The first-order valence-electron chi connectivity index (χ1n) is 3.06. The number of carbonyl (C=O) groups is 1. The first kappa shape index (κ1) is 8.43. The molecule has 0 aromatic carbocycles. The lowest BCUT2D eigenvalue weighted by molar-refractivity contribution is -0.130. The van der Waals surface area contributed by atoms with Gasteiger partial charge in [0.2, 0.25) is 5.91 Å². The van der Waals surface area contributed by atoms with Crippen LogP contribution in [0.15, 0.2) is 0 Å². The van der Waals surface area contributed by atoms with E-state index in [4.69, 9.17) is 5.73 Å². The molecule has 9 heavy (non-hydrogen) atoms. The Hall–Kier alpha value is -0.570. The van der Waals surface area contributed by atoms with Crippen molar-refractivity contribution in [3.05, 3.63) is 0 Å². The summed E-state index contributed by atoms with van der Waals surface area (Å²) >= 11 is 0. The number of nitrogens with zero attached hydrogens (tertiary/aromatic N) is 1. The lowest BCUT2D eigenvalue weighted by Crippen LogP contribution is -2.39. The van der Waals surface area contributed by atoms with Crippen LogP contribution < -0.4 is 5.73 Å². The molecule has 1 atom stereocenters. The molecule has 0 spiro atoms. The van der Waals surface area contributed by atoms with Crippen molar-refractivity contribution in [2.75, 3.05) is 14.1 Å².